The van der Waals surface area contributed by atoms with Gasteiger partial charge in [0.15, 0.2) is 5.57 Å². The smallest absolute Gasteiger partial charge is 0.350 e. The summed E-state index contributed by atoms with van der Waals surface area (Å²) in [7, 11) is 0. The van der Waals surface area contributed by atoms with Crippen molar-refractivity contribution in [2.24, 2.45) is 29.6 Å². The summed E-state index contributed by atoms with van der Waals surface area (Å²) < 4.78 is 17.6. The first kappa shape index (κ1) is 35.4. The highest BCUT2D eigenvalue weighted by Crippen LogP contribution is 2.59. The summed E-state index contributed by atoms with van der Waals surface area (Å²) in [5.41, 5.74) is -0.101. The molecule has 0 bridgehead atoms. The monoisotopic (exact) mass is 655 g/mol. The van der Waals surface area contributed by atoms with E-state index in [1.165, 1.54) is 49.2 Å². The van der Waals surface area contributed by atoms with Gasteiger partial charge in [-0.3, -0.25) is 9.59 Å². The molecule has 1 unspecified atom stereocenters. The minimum Gasteiger partial charge on any atom is -0.462 e. The van der Waals surface area contributed by atoms with Gasteiger partial charge in [0.2, 0.25) is 0 Å². The van der Waals surface area contributed by atoms with E-state index in [2.05, 4.69) is 20.8 Å². The molecule has 0 aromatic heterocycles. The predicted molar refractivity (Wildman–Crippen MR) is 178 cm³/mol. The van der Waals surface area contributed by atoms with Gasteiger partial charge in [-0.2, -0.15) is 5.26 Å². The average molecular weight is 656 g/mol. The molecule has 3 aliphatic rings. The van der Waals surface area contributed by atoms with Crippen LogP contribution in [-0.2, 0) is 19.1 Å². The highest BCUT2D eigenvalue weighted by Gasteiger charge is 2.34. The lowest BCUT2D eigenvalue weighted by atomic mass is 9.75. The summed E-state index contributed by atoms with van der Waals surface area (Å²) in [6, 6.07) is 5.32. The average Bonchev–Trinajstić information content (AvgIpc) is 3.49. The van der Waals surface area contributed by atoms with Crippen molar-refractivity contribution in [1.29, 1.82) is 5.26 Å². The Hall–Kier alpha value is -2.44. The molecule has 0 spiro atoms. The quantitative estimate of drug-likeness (QED) is 0.0675. The Labute approximate surface area is 277 Å². The van der Waals surface area contributed by atoms with Crippen LogP contribution >= 0.6 is 23.5 Å². The first-order chi connectivity index (χ1) is 21.7. The third-order valence-corrected chi connectivity index (χ3v) is 12.4. The number of unbranched alkanes of at least 4 members (excludes halogenated alkanes) is 1. The van der Waals surface area contributed by atoms with Crippen molar-refractivity contribution < 1.29 is 28.6 Å². The fraction of sp³-hybridized carbons (Fsp3) is 0.667. The predicted octanol–water partition coefficient (Wildman–Crippen LogP) is 9.62. The second-order valence-electron chi connectivity index (χ2n) is 13.1. The molecule has 1 aliphatic heterocycles. The van der Waals surface area contributed by atoms with Gasteiger partial charge in [-0.1, -0.05) is 76.9 Å². The Morgan fingerprint density at radius 3 is 2.18 bits per heavy atom. The lowest BCUT2D eigenvalue weighted by Crippen LogP contribution is -2.25. The van der Waals surface area contributed by atoms with E-state index in [1.54, 1.807) is 12.1 Å². The maximum absolute atomic E-state index is 13.2. The van der Waals surface area contributed by atoms with Crippen LogP contribution in [0.1, 0.15) is 118 Å². The first-order valence-electron chi connectivity index (χ1n) is 17.0. The molecule has 2 saturated carbocycles. The lowest BCUT2D eigenvalue weighted by Gasteiger charge is -2.30. The third-order valence-electron chi connectivity index (χ3n) is 9.78. The van der Waals surface area contributed by atoms with E-state index >= 15 is 0 Å². The fourth-order valence-corrected chi connectivity index (χ4v) is 9.13. The highest BCUT2D eigenvalue weighted by atomic mass is 32.2. The molecular formula is C36H49NO6S2. The van der Waals surface area contributed by atoms with Crippen molar-refractivity contribution in [3.05, 3.63) is 21.9 Å². The number of hydrogen-bond acceptors (Lipinski definition) is 9. The zero-order chi connectivity index (χ0) is 32.3. The summed E-state index contributed by atoms with van der Waals surface area (Å²) in [5.74, 6) is 2.08. The van der Waals surface area contributed by atoms with Crippen LogP contribution in [0.3, 0.4) is 0 Å². The Kier molecular flexibility index (Phi) is 13.7. The maximum Gasteiger partial charge on any atom is 0.350 e. The molecule has 1 aromatic rings. The van der Waals surface area contributed by atoms with Crippen LogP contribution in [0, 0.1) is 40.9 Å². The molecule has 1 atom stereocenters. The number of thioether (sulfide) groups is 2. The minimum atomic E-state index is -0.680. The van der Waals surface area contributed by atoms with E-state index in [4.69, 9.17) is 14.2 Å². The van der Waals surface area contributed by atoms with Crippen molar-refractivity contribution in [2.75, 3.05) is 6.61 Å². The van der Waals surface area contributed by atoms with E-state index in [9.17, 15) is 19.6 Å². The number of nitriles is 1. The Morgan fingerprint density at radius 1 is 0.933 bits per heavy atom. The largest absolute Gasteiger partial charge is 0.462 e. The van der Waals surface area contributed by atoms with Gasteiger partial charge in [0.05, 0.1) is 26.6 Å². The van der Waals surface area contributed by atoms with Crippen LogP contribution < -0.4 is 9.47 Å². The number of carbonyl (C=O) groups is 3. The SMILES string of the molecule is CCCCOC(=O)/C(C#N)=C1\Sc2c(OC(=O)CCCC(C)C3CCC(C)CC3)ccc(OC(=O)C3CCC(CC)CC3)c2S1. The van der Waals surface area contributed by atoms with E-state index in [-0.39, 0.29) is 30.0 Å². The molecule has 1 heterocycles. The van der Waals surface area contributed by atoms with Gasteiger partial charge in [0.1, 0.15) is 17.6 Å². The summed E-state index contributed by atoms with van der Waals surface area (Å²) >= 11 is 2.37. The van der Waals surface area contributed by atoms with Crippen molar-refractivity contribution >= 4 is 41.4 Å². The van der Waals surface area contributed by atoms with Gasteiger partial charge in [-0.15, -0.1) is 0 Å². The molecule has 7 nitrogen and oxygen atoms in total. The maximum atomic E-state index is 13.2. The Balaban J connectivity index is 1.47. The van der Waals surface area contributed by atoms with Gasteiger partial charge in [0.25, 0.3) is 0 Å². The number of fused-ring (bicyclic) bond motifs is 1. The second-order valence-corrected chi connectivity index (χ2v) is 15.4. The van der Waals surface area contributed by atoms with Crippen LogP contribution in [-0.4, -0.2) is 24.5 Å². The first-order valence-corrected chi connectivity index (χ1v) is 18.6. The lowest BCUT2D eigenvalue weighted by molar-refractivity contribution is -0.141. The molecule has 4 rings (SSSR count). The molecule has 246 valence electrons. The van der Waals surface area contributed by atoms with Crippen molar-refractivity contribution in [3.8, 4) is 17.6 Å². The molecule has 2 fully saturated rings. The summed E-state index contributed by atoms with van der Waals surface area (Å²) in [6.07, 6.45) is 13.6. The number of benzene rings is 1. The molecule has 0 saturated heterocycles. The molecule has 45 heavy (non-hydrogen) atoms. The summed E-state index contributed by atoms with van der Waals surface area (Å²) in [6.45, 7) is 9.05. The van der Waals surface area contributed by atoms with Crippen molar-refractivity contribution in [3.63, 3.8) is 0 Å². The molecular weight excluding hydrogens is 607 g/mol. The zero-order valence-electron chi connectivity index (χ0n) is 27.4. The number of hydrogen-bond donors (Lipinski definition) is 0. The number of ether oxygens (including phenoxy) is 3. The van der Waals surface area contributed by atoms with Gasteiger partial charge in [0, 0.05) is 6.42 Å². The van der Waals surface area contributed by atoms with Gasteiger partial charge in [-0.25, -0.2) is 4.79 Å². The van der Waals surface area contributed by atoms with Gasteiger partial charge >= 0.3 is 17.9 Å². The van der Waals surface area contributed by atoms with Crippen LogP contribution in [0.5, 0.6) is 11.5 Å². The number of nitrogens with zero attached hydrogens (tertiary/aromatic N) is 1. The van der Waals surface area contributed by atoms with Gasteiger partial charge < -0.3 is 14.2 Å². The topological polar surface area (TPSA) is 103 Å². The minimum absolute atomic E-state index is 0.101. The summed E-state index contributed by atoms with van der Waals surface area (Å²) in [4.78, 5) is 40.1. The molecule has 9 heteroatoms. The zero-order valence-corrected chi connectivity index (χ0v) is 29.0. The van der Waals surface area contributed by atoms with E-state index in [0.717, 1.165) is 63.2 Å². The van der Waals surface area contributed by atoms with Crippen LogP contribution in [0.2, 0.25) is 0 Å². The standard InChI is InChI=1S/C36H49NO6S2/c1-5-7-21-41-35(40)28(22-37)36-44-32-29(42-31(38)10-8-9-24(4)26-15-11-23(3)12-16-26)19-20-30(33(32)45-36)43-34(39)27-17-13-25(6-2)14-18-27/h19-20,23-27H,5-18,21H2,1-4H3/b36-28+. The van der Waals surface area contributed by atoms with Gasteiger partial charge in [-0.05, 0) is 93.6 Å². The molecule has 0 radical (unpaired) electrons. The van der Waals surface area contributed by atoms with Crippen LogP contribution in [0.4, 0.5) is 0 Å². The fourth-order valence-electron chi connectivity index (χ4n) is 6.58. The van der Waals surface area contributed by atoms with E-state index in [1.807, 2.05) is 13.0 Å². The summed E-state index contributed by atoms with van der Waals surface area (Å²) in [5, 5.41) is 9.88. The second kappa shape index (κ2) is 17.5. The normalized spacial score (nSPS) is 24.6. The van der Waals surface area contributed by atoms with Crippen LogP contribution in [0.15, 0.2) is 31.7 Å². The van der Waals surface area contributed by atoms with Crippen molar-refractivity contribution in [1.82, 2.24) is 0 Å². The molecule has 0 N–H and O–H groups in total. The van der Waals surface area contributed by atoms with Crippen LogP contribution in [0.25, 0.3) is 0 Å². The molecule has 0 amide bonds. The van der Waals surface area contributed by atoms with Crippen molar-refractivity contribution in [2.45, 2.75) is 127 Å². The van der Waals surface area contributed by atoms with E-state index in [0.29, 0.717) is 50.2 Å². The Bertz CT molecular complexity index is 1270. The number of rotatable bonds is 13. The third kappa shape index (κ3) is 9.78. The molecule has 2 aliphatic carbocycles. The Morgan fingerprint density at radius 2 is 1.58 bits per heavy atom. The number of carbonyl (C=O) groups excluding carboxylic acids is 3. The highest BCUT2D eigenvalue weighted by molar-refractivity contribution is 8.24. The molecule has 1 aromatic carbocycles. The number of esters is 3. The van der Waals surface area contributed by atoms with E-state index < -0.39 is 5.97 Å².